The molecule has 0 aliphatic carbocycles. The zero-order valence-electron chi connectivity index (χ0n) is 14.4. The summed E-state index contributed by atoms with van der Waals surface area (Å²) in [6.45, 7) is 4.23. The summed E-state index contributed by atoms with van der Waals surface area (Å²) in [5, 5.41) is 2.96. The van der Waals surface area contributed by atoms with Crippen LogP contribution in [0, 0.1) is 0 Å². The molecule has 1 atom stereocenters. The molecule has 0 saturated heterocycles. The van der Waals surface area contributed by atoms with Crippen molar-refractivity contribution in [2.75, 3.05) is 19.7 Å². The highest BCUT2D eigenvalue weighted by molar-refractivity contribution is 5.74. The van der Waals surface area contributed by atoms with E-state index < -0.39 is 0 Å². The van der Waals surface area contributed by atoms with Crippen molar-refractivity contribution >= 4 is 6.03 Å². The molecule has 1 aromatic carbocycles. The van der Waals surface area contributed by atoms with Crippen molar-refractivity contribution in [3.63, 3.8) is 0 Å². The first-order valence-corrected chi connectivity index (χ1v) is 8.56. The first-order valence-electron chi connectivity index (χ1n) is 8.56. The number of pyridine rings is 1. The lowest BCUT2D eigenvalue weighted by Crippen LogP contribution is -2.41. The van der Waals surface area contributed by atoms with Gasteiger partial charge in [0.15, 0.2) is 11.5 Å². The van der Waals surface area contributed by atoms with Gasteiger partial charge in [0.25, 0.3) is 0 Å². The number of nitrogens with one attached hydrogen (secondary N) is 1. The van der Waals surface area contributed by atoms with E-state index in [0.717, 1.165) is 17.1 Å². The Morgan fingerprint density at radius 3 is 2.76 bits per heavy atom. The van der Waals surface area contributed by atoms with Gasteiger partial charge in [-0.15, -0.1) is 0 Å². The number of nitrogens with zero attached hydrogens (tertiary/aromatic N) is 2. The third kappa shape index (κ3) is 4.62. The maximum Gasteiger partial charge on any atom is 0.317 e. The minimum Gasteiger partial charge on any atom is -0.486 e. The molecule has 2 heterocycles. The van der Waals surface area contributed by atoms with E-state index in [4.69, 9.17) is 9.47 Å². The Labute approximate surface area is 147 Å². The fraction of sp³-hybridized carbons (Fsp3) is 0.368. The highest BCUT2D eigenvalue weighted by Gasteiger charge is 2.20. The molecule has 0 unspecified atom stereocenters. The summed E-state index contributed by atoms with van der Waals surface area (Å²) < 4.78 is 11.6. The molecule has 1 aliphatic heterocycles. The summed E-state index contributed by atoms with van der Waals surface area (Å²) >= 11 is 0. The third-order valence-electron chi connectivity index (χ3n) is 4.10. The smallest absolute Gasteiger partial charge is 0.317 e. The van der Waals surface area contributed by atoms with E-state index in [1.807, 2.05) is 43.3 Å². The fourth-order valence-electron chi connectivity index (χ4n) is 2.69. The summed E-state index contributed by atoms with van der Waals surface area (Å²) in [5.74, 6) is 1.54. The van der Waals surface area contributed by atoms with Crippen LogP contribution in [-0.4, -0.2) is 41.7 Å². The lowest BCUT2D eigenvalue weighted by molar-refractivity contribution is 0.0849. The Hall–Kier alpha value is -2.76. The SMILES string of the molecule is CCN(Cc1ccncc1)C(=O)NCC[C@H]1COc2ccccc2O1. The molecule has 1 N–H and O–H groups in total. The van der Waals surface area contributed by atoms with Crippen molar-refractivity contribution in [1.82, 2.24) is 15.2 Å². The fourth-order valence-corrected chi connectivity index (χ4v) is 2.69. The Kier molecular flexibility index (Phi) is 5.72. The number of carbonyl (C=O) groups is 1. The van der Waals surface area contributed by atoms with Gasteiger partial charge in [-0.1, -0.05) is 12.1 Å². The molecular weight excluding hydrogens is 318 g/mol. The Bertz CT molecular complexity index is 693. The van der Waals surface area contributed by atoms with Crippen LogP contribution in [0.15, 0.2) is 48.8 Å². The number of carbonyl (C=O) groups excluding carboxylic acids is 1. The molecule has 1 aliphatic rings. The van der Waals surface area contributed by atoms with E-state index in [0.29, 0.717) is 32.7 Å². The van der Waals surface area contributed by atoms with Gasteiger partial charge >= 0.3 is 6.03 Å². The van der Waals surface area contributed by atoms with Crippen molar-refractivity contribution in [1.29, 1.82) is 0 Å². The standard InChI is InChI=1S/C19H23N3O3/c1-2-22(13-15-7-10-20-11-8-15)19(23)21-12-9-16-14-24-17-5-3-4-6-18(17)25-16/h3-8,10-11,16H,2,9,12-14H2,1H3,(H,21,23)/t16-/m0/s1. The molecule has 0 radical (unpaired) electrons. The highest BCUT2D eigenvalue weighted by Crippen LogP contribution is 2.31. The molecule has 25 heavy (non-hydrogen) atoms. The molecular formula is C19H23N3O3. The first-order chi connectivity index (χ1) is 12.3. The largest absolute Gasteiger partial charge is 0.486 e. The Morgan fingerprint density at radius 2 is 2.00 bits per heavy atom. The number of benzene rings is 1. The number of aromatic nitrogens is 1. The molecule has 6 nitrogen and oxygen atoms in total. The van der Waals surface area contributed by atoms with Gasteiger partial charge in [-0.2, -0.15) is 0 Å². The Morgan fingerprint density at radius 1 is 1.24 bits per heavy atom. The highest BCUT2D eigenvalue weighted by atomic mass is 16.6. The quantitative estimate of drug-likeness (QED) is 0.877. The number of hydrogen-bond acceptors (Lipinski definition) is 4. The number of urea groups is 1. The first kappa shape index (κ1) is 17.1. The predicted octanol–water partition coefficient (Wildman–Crippen LogP) is 2.84. The van der Waals surface area contributed by atoms with Crippen LogP contribution in [0.25, 0.3) is 0 Å². The van der Waals surface area contributed by atoms with Crippen LogP contribution in [0.1, 0.15) is 18.9 Å². The maximum atomic E-state index is 12.3. The van der Waals surface area contributed by atoms with Crippen molar-refractivity contribution < 1.29 is 14.3 Å². The molecule has 0 fully saturated rings. The summed E-state index contributed by atoms with van der Waals surface area (Å²) in [6, 6.07) is 11.4. The maximum absolute atomic E-state index is 12.3. The average Bonchev–Trinajstić information content (AvgIpc) is 2.66. The molecule has 3 rings (SSSR count). The molecule has 2 aromatic rings. The molecule has 1 aromatic heterocycles. The van der Waals surface area contributed by atoms with Crippen molar-refractivity contribution in [3.8, 4) is 11.5 Å². The summed E-state index contributed by atoms with van der Waals surface area (Å²) in [7, 11) is 0. The predicted molar refractivity (Wildman–Crippen MR) is 94.7 cm³/mol. The number of rotatable bonds is 6. The van der Waals surface area contributed by atoms with Gasteiger partial charge in [0, 0.05) is 38.4 Å². The molecule has 0 saturated carbocycles. The van der Waals surface area contributed by atoms with Gasteiger partial charge in [-0.25, -0.2) is 4.79 Å². The zero-order chi connectivity index (χ0) is 17.5. The van der Waals surface area contributed by atoms with Crippen molar-refractivity contribution in [3.05, 3.63) is 54.4 Å². The number of hydrogen-bond donors (Lipinski definition) is 1. The lowest BCUT2D eigenvalue weighted by Gasteiger charge is -2.27. The van der Waals surface area contributed by atoms with Crippen LogP contribution in [0.2, 0.25) is 0 Å². The molecule has 2 amide bonds. The van der Waals surface area contributed by atoms with E-state index in [9.17, 15) is 4.79 Å². The van der Waals surface area contributed by atoms with Crippen LogP contribution in [0.4, 0.5) is 4.79 Å². The van der Waals surface area contributed by atoms with Gasteiger partial charge in [0.05, 0.1) is 0 Å². The Balaban J connectivity index is 1.44. The van der Waals surface area contributed by atoms with Crippen LogP contribution in [-0.2, 0) is 6.54 Å². The van der Waals surface area contributed by atoms with Crippen LogP contribution in [0.3, 0.4) is 0 Å². The van der Waals surface area contributed by atoms with Crippen LogP contribution in [0.5, 0.6) is 11.5 Å². The topological polar surface area (TPSA) is 63.7 Å². The number of ether oxygens (including phenoxy) is 2. The normalized spacial score (nSPS) is 15.5. The molecule has 6 heteroatoms. The summed E-state index contributed by atoms with van der Waals surface area (Å²) in [5.41, 5.74) is 1.06. The van der Waals surface area contributed by atoms with E-state index in [1.165, 1.54) is 0 Å². The van der Waals surface area contributed by atoms with E-state index in [-0.39, 0.29) is 12.1 Å². The number of fused-ring (bicyclic) bond motifs is 1. The lowest BCUT2D eigenvalue weighted by atomic mass is 10.2. The number of para-hydroxylation sites is 2. The van der Waals surface area contributed by atoms with Gasteiger partial charge in [0.2, 0.25) is 0 Å². The van der Waals surface area contributed by atoms with Crippen LogP contribution >= 0.6 is 0 Å². The second kappa shape index (κ2) is 8.37. The van der Waals surface area contributed by atoms with Gasteiger partial charge in [0.1, 0.15) is 12.7 Å². The third-order valence-corrected chi connectivity index (χ3v) is 4.10. The second-order valence-electron chi connectivity index (χ2n) is 5.89. The van der Waals surface area contributed by atoms with Crippen molar-refractivity contribution in [2.24, 2.45) is 0 Å². The monoisotopic (exact) mass is 341 g/mol. The number of amides is 2. The summed E-state index contributed by atoms with van der Waals surface area (Å²) in [6.07, 6.45) is 4.12. The van der Waals surface area contributed by atoms with E-state index >= 15 is 0 Å². The van der Waals surface area contributed by atoms with Gasteiger partial charge < -0.3 is 19.7 Å². The molecule has 0 bridgehead atoms. The minimum atomic E-state index is -0.0727. The van der Waals surface area contributed by atoms with E-state index in [1.54, 1.807) is 17.3 Å². The molecule has 132 valence electrons. The van der Waals surface area contributed by atoms with Crippen molar-refractivity contribution in [2.45, 2.75) is 26.0 Å². The average molecular weight is 341 g/mol. The molecule has 0 spiro atoms. The van der Waals surface area contributed by atoms with Crippen LogP contribution < -0.4 is 14.8 Å². The zero-order valence-corrected chi connectivity index (χ0v) is 14.4. The van der Waals surface area contributed by atoms with Gasteiger partial charge in [-0.3, -0.25) is 4.98 Å². The van der Waals surface area contributed by atoms with E-state index in [2.05, 4.69) is 10.3 Å². The second-order valence-corrected chi connectivity index (χ2v) is 5.89. The minimum absolute atomic E-state index is 0.0505. The summed E-state index contributed by atoms with van der Waals surface area (Å²) in [4.78, 5) is 18.1. The van der Waals surface area contributed by atoms with Gasteiger partial charge in [-0.05, 0) is 36.8 Å².